The van der Waals surface area contributed by atoms with Gasteiger partial charge in [-0.3, -0.25) is 14.6 Å². The number of H-pyrrole nitrogens is 1. The lowest BCUT2D eigenvalue weighted by atomic mass is 10.1. The second-order valence-corrected chi connectivity index (χ2v) is 7.85. The van der Waals surface area contributed by atoms with Gasteiger partial charge in [0.25, 0.3) is 11.5 Å². The van der Waals surface area contributed by atoms with Crippen LogP contribution in [0.15, 0.2) is 52.6 Å². The number of thiophene rings is 1. The Balaban J connectivity index is 1.81. The smallest absolute Gasteiger partial charge is 0.306 e. The lowest BCUT2D eigenvalue weighted by Crippen LogP contribution is -2.22. The molecule has 2 N–H and O–H groups in total. The van der Waals surface area contributed by atoms with Gasteiger partial charge in [-0.1, -0.05) is 18.2 Å². The van der Waals surface area contributed by atoms with E-state index in [1.165, 1.54) is 34.2 Å². The number of carbonyl (C=O) groups is 1. The Bertz CT molecular complexity index is 1360. The number of hydrogen-bond acceptors (Lipinski definition) is 5. The molecule has 7 nitrogen and oxygen atoms in total. The van der Waals surface area contributed by atoms with Gasteiger partial charge in [-0.05, 0) is 37.4 Å². The molecule has 3 heterocycles. The molecule has 164 valence electrons. The average Bonchev–Trinajstić information content (AvgIpc) is 3.41. The molecule has 3 aromatic heterocycles. The molecule has 0 aliphatic heterocycles. The van der Waals surface area contributed by atoms with Gasteiger partial charge >= 0.3 is 6.18 Å². The van der Waals surface area contributed by atoms with Crippen molar-refractivity contribution in [3.8, 4) is 16.5 Å². The van der Waals surface area contributed by atoms with Gasteiger partial charge in [-0.25, -0.2) is 4.98 Å². The standard InChI is InChI=1S/C21H16F3N5O2S/c1-11-12(2)25-20(27-18(11)30)29-17(10-15(28-29)16-8-5-9-32-16)26-19(31)13-6-3-4-7-14(13)21(22,23)24/h3-10H,1-2H3,(H,26,31)(H,25,27,30). The van der Waals surface area contributed by atoms with Crippen molar-refractivity contribution in [3.05, 3.63) is 80.6 Å². The number of alkyl halides is 3. The molecule has 1 aromatic carbocycles. The number of rotatable bonds is 4. The highest BCUT2D eigenvalue weighted by atomic mass is 32.1. The maximum Gasteiger partial charge on any atom is 0.417 e. The Morgan fingerprint density at radius 2 is 1.91 bits per heavy atom. The largest absolute Gasteiger partial charge is 0.417 e. The van der Waals surface area contributed by atoms with Gasteiger partial charge in [0.1, 0.15) is 11.5 Å². The van der Waals surface area contributed by atoms with E-state index in [1.807, 2.05) is 11.4 Å². The molecule has 0 atom stereocenters. The van der Waals surface area contributed by atoms with Crippen molar-refractivity contribution in [3.63, 3.8) is 0 Å². The fourth-order valence-corrected chi connectivity index (χ4v) is 3.70. The first-order valence-corrected chi connectivity index (χ1v) is 10.2. The van der Waals surface area contributed by atoms with E-state index >= 15 is 0 Å². The molecule has 0 saturated heterocycles. The molecule has 0 aliphatic rings. The SMILES string of the molecule is Cc1nc(-n2nc(-c3cccs3)cc2NC(=O)c2ccccc2C(F)(F)F)[nH]c(=O)c1C. The number of halogens is 3. The van der Waals surface area contributed by atoms with E-state index in [-0.39, 0.29) is 17.3 Å². The highest BCUT2D eigenvalue weighted by Crippen LogP contribution is 2.33. The summed E-state index contributed by atoms with van der Waals surface area (Å²) in [6.07, 6.45) is -4.70. The van der Waals surface area contributed by atoms with Crippen molar-refractivity contribution < 1.29 is 18.0 Å². The van der Waals surface area contributed by atoms with Crippen molar-refractivity contribution in [2.24, 2.45) is 0 Å². The number of amides is 1. The van der Waals surface area contributed by atoms with Gasteiger partial charge < -0.3 is 5.32 Å². The third-order valence-electron chi connectivity index (χ3n) is 4.78. The number of hydrogen-bond donors (Lipinski definition) is 2. The summed E-state index contributed by atoms with van der Waals surface area (Å²) in [7, 11) is 0. The van der Waals surface area contributed by atoms with E-state index in [1.54, 1.807) is 19.9 Å². The van der Waals surface area contributed by atoms with Gasteiger partial charge in [0.05, 0.1) is 16.0 Å². The van der Waals surface area contributed by atoms with Crippen LogP contribution in [-0.4, -0.2) is 25.7 Å². The number of benzene rings is 1. The lowest BCUT2D eigenvalue weighted by molar-refractivity contribution is -0.137. The minimum absolute atomic E-state index is 0.0281. The molecular formula is C21H16F3N5O2S. The number of nitrogens with one attached hydrogen (secondary N) is 2. The molecule has 0 spiro atoms. The van der Waals surface area contributed by atoms with Gasteiger partial charge in [0, 0.05) is 17.3 Å². The fraction of sp³-hybridized carbons (Fsp3) is 0.143. The first kappa shape index (κ1) is 21.5. The van der Waals surface area contributed by atoms with E-state index in [2.05, 4.69) is 20.4 Å². The number of aromatic amines is 1. The van der Waals surface area contributed by atoms with Crippen LogP contribution in [0.1, 0.15) is 27.2 Å². The molecule has 11 heteroatoms. The molecule has 4 aromatic rings. The minimum atomic E-state index is -4.70. The average molecular weight is 459 g/mol. The maximum atomic E-state index is 13.4. The van der Waals surface area contributed by atoms with E-state index in [4.69, 9.17) is 0 Å². The third-order valence-corrected chi connectivity index (χ3v) is 5.68. The van der Waals surface area contributed by atoms with Crippen molar-refractivity contribution >= 4 is 23.1 Å². The maximum absolute atomic E-state index is 13.4. The number of aromatic nitrogens is 4. The zero-order chi connectivity index (χ0) is 23.0. The number of aryl methyl sites for hydroxylation is 1. The normalized spacial score (nSPS) is 11.5. The molecular weight excluding hydrogens is 443 g/mol. The lowest BCUT2D eigenvalue weighted by Gasteiger charge is -2.13. The zero-order valence-corrected chi connectivity index (χ0v) is 17.6. The molecule has 0 fully saturated rings. The Morgan fingerprint density at radius 1 is 1.16 bits per heavy atom. The molecule has 4 rings (SSSR count). The van der Waals surface area contributed by atoms with E-state index in [9.17, 15) is 22.8 Å². The highest BCUT2D eigenvalue weighted by molar-refractivity contribution is 7.13. The fourth-order valence-electron chi connectivity index (χ4n) is 3.02. The van der Waals surface area contributed by atoms with E-state index < -0.39 is 23.2 Å². The van der Waals surface area contributed by atoms with Crippen LogP contribution in [0.2, 0.25) is 0 Å². The summed E-state index contributed by atoms with van der Waals surface area (Å²) in [6.45, 7) is 3.26. The Labute approximate surface area is 183 Å². The number of anilines is 1. The monoisotopic (exact) mass is 459 g/mol. The highest BCUT2D eigenvalue weighted by Gasteiger charge is 2.35. The minimum Gasteiger partial charge on any atom is -0.306 e. The first-order chi connectivity index (χ1) is 15.1. The second-order valence-electron chi connectivity index (χ2n) is 6.90. The number of carbonyl (C=O) groups excluding carboxylic acids is 1. The first-order valence-electron chi connectivity index (χ1n) is 9.34. The second kappa shape index (κ2) is 8.08. The topological polar surface area (TPSA) is 92.7 Å². The van der Waals surface area contributed by atoms with Crippen molar-refractivity contribution in [2.75, 3.05) is 5.32 Å². The predicted octanol–water partition coefficient (Wildman–Crippen LogP) is 4.57. The molecule has 0 bridgehead atoms. The summed E-state index contributed by atoms with van der Waals surface area (Å²) in [5, 5.41) is 8.72. The van der Waals surface area contributed by atoms with Crippen LogP contribution in [0.25, 0.3) is 16.5 Å². The van der Waals surface area contributed by atoms with Crippen LogP contribution >= 0.6 is 11.3 Å². The zero-order valence-electron chi connectivity index (χ0n) is 16.8. The summed E-state index contributed by atoms with van der Waals surface area (Å²) in [5.41, 5.74) is -0.645. The van der Waals surface area contributed by atoms with Crippen molar-refractivity contribution in [1.82, 2.24) is 19.7 Å². The van der Waals surface area contributed by atoms with Crippen LogP contribution in [0.5, 0.6) is 0 Å². The van der Waals surface area contributed by atoms with Gasteiger partial charge in [0.15, 0.2) is 0 Å². The van der Waals surface area contributed by atoms with Crippen LogP contribution in [0.4, 0.5) is 19.0 Å². The molecule has 0 unspecified atom stereocenters. The third kappa shape index (κ3) is 4.06. The van der Waals surface area contributed by atoms with Crippen LogP contribution in [-0.2, 0) is 6.18 Å². The Hall–Kier alpha value is -3.73. The summed E-state index contributed by atoms with van der Waals surface area (Å²) < 4.78 is 41.3. The van der Waals surface area contributed by atoms with Crippen LogP contribution in [0, 0.1) is 13.8 Å². The molecule has 0 saturated carbocycles. The molecule has 1 amide bonds. The number of nitrogens with zero attached hydrogens (tertiary/aromatic N) is 3. The summed E-state index contributed by atoms with van der Waals surface area (Å²) in [4.78, 5) is 32.7. The quantitative estimate of drug-likeness (QED) is 0.468. The van der Waals surface area contributed by atoms with E-state index in [0.717, 1.165) is 17.0 Å². The summed E-state index contributed by atoms with van der Waals surface area (Å²) in [5.74, 6) is -0.884. The molecule has 0 aliphatic carbocycles. The van der Waals surface area contributed by atoms with Gasteiger partial charge in [-0.2, -0.15) is 23.0 Å². The molecule has 32 heavy (non-hydrogen) atoms. The van der Waals surface area contributed by atoms with Gasteiger partial charge in [0.2, 0.25) is 5.95 Å². The Morgan fingerprint density at radius 3 is 2.56 bits per heavy atom. The van der Waals surface area contributed by atoms with Crippen molar-refractivity contribution in [1.29, 1.82) is 0 Å². The van der Waals surface area contributed by atoms with E-state index in [0.29, 0.717) is 17.0 Å². The Kier molecular flexibility index (Phi) is 5.43. The van der Waals surface area contributed by atoms with Crippen LogP contribution < -0.4 is 10.9 Å². The predicted molar refractivity (Wildman–Crippen MR) is 114 cm³/mol. The van der Waals surface area contributed by atoms with Gasteiger partial charge in [-0.15, -0.1) is 11.3 Å². The van der Waals surface area contributed by atoms with Crippen molar-refractivity contribution in [2.45, 2.75) is 20.0 Å². The molecule has 0 radical (unpaired) electrons. The summed E-state index contributed by atoms with van der Waals surface area (Å²) in [6, 6.07) is 9.62. The summed E-state index contributed by atoms with van der Waals surface area (Å²) >= 11 is 1.39. The van der Waals surface area contributed by atoms with Crippen LogP contribution in [0.3, 0.4) is 0 Å².